The lowest BCUT2D eigenvalue weighted by molar-refractivity contribution is -0.0520. The van der Waals surface area contributed by atoms with Crippen LogP contribution in [0.3, 0.4) is 0 Å². The number of nitrogens with zero attached hydrogens (tertiary/aromatic N) is 2. The Morgan fingerprint density at radius 1 is 1.03 bits per heavy atom. The van der Waals surface area contributed by atoms with Gasteiger partial charge in [0.15, 0.2) is 17.5 Å². The van der Waals surface area contributed by atoms with Crippen molar-refractivity contribution in [2.45, 2.75) is 33.2 Å². The Morgan fingerprint density at radius 3 is 2.26 bits per heavy atom. The predicted molar refractivity (Wildman–Crippen MR) is 131 cm³/mol. The van der Waals surface area contributed by atoms with Gasteiger partial charge in [0.1, 0.15) is 0 Å². The van der Waals surface area contributed by atoms with Crippen LogP contribution in [-0.2, 0) is 19.6 Å². The number of hydrogen-bond donors (Lipinski definition) is 2. The second-order valence-electron chi connectivity index (χ2n) is 6.89. The van der Waals surface area contributed by atoms with Crippen molar-refractivity contribution >= 4 is 29.9 Å². The van der Waals surface area contributed by atoms with Gasteiger partial charge in [-0.3, -0.25) is 4.99 Å². The van der Waals surface area contributed by atoms with Crippen LogP contribution < -0.4 is 20.1 Å². The Labute approximate surface area is 200 Å². The molecule has 6 nitrogen and oxygen atoms in total. The average molecular weight is 548 g/mol. The molecule has 0 unspecified atom stereocenters. The highest BCUT2D eigenvalue weighted by Gasteiger charge is 2.16. The highest BCUT2D eigenvalue weighted by atomic mass is 127. The summed E-state index contributed by atoms with van der Waals surface area (Å²) in [6.45, 7) is 0.938. The molecule has 31 heavy (non-hydrogen) atoms. The molecule has 2 N–H and O–H groups in total. The number of alkyl halides is 2. The molecule has 0 aromatic heterocycles. The third-order valence-corrected chi connectivity index (χ3v) is 4.22. The number of rotatable bonds is 10. The molecule has 0 saturated carbocycles. The van der Waals surface area contributed by atoms with Gasteiger partial charge in [-0.25, -0.2) is 0 Å². The highest BCUT2D eigenvalue weighted by Crippen LogP contribution is 2.32. The smallest absolute Gasteiger partial charge is 0.387 e. The van der Waals surface area contributed by atoms with Gasteiger partial charge in [0.25, 0.3) is 0 Å². The van der Waals surface area contributed by atoms with Crippen LogP contribution in [-0.4, -0.2) is 45.2 Å². The number of guanidine groups is 1. The molecule has 0 saturated heterocycles. The van der Waals surface area contributed by atoms with Gasteiger partial charge < -0.3 is 25.0 Å². The molecule has 2 rings (SSSR count). The molecule has 0 fully saturated rings. The zero-order valence-corrected chi connectivity index (χ0v) is 20.7. The lowest BCUT2D eigenvalue weighted by atomic mass is 10.1. The standard InChI is InChI=1S/C22H30F2N4O2.HI/c1-5-29-19-8-6-7-18(20(19)30-21(23)24)14-27-22(25-2)26-13-16-9-11-17(12-10-16)15-28(3)4;/h6-12,21H,5,13-15H2,1-4H3,(H2,25,26,27);1H. The van der Waals surface area contributed by atoms with Crippen molar-refractivity contribution in [1.29, 1.82) is 0 Å². The molecule has 2 aromatic carbocycles. The zero-order chi connectivity index (χ0) is 21.9. The maximum atomic E-state index is 12.9. The molecule has 0 aliphatic heterocycles. The first-order chi connectivity index (χ1) is 14.4. The van der Waals surface area contributed by atoms with Crippen LogP contribution in [0.4, 0.5) is 8.78 Å². The molecule has 0 radical (unpaired) electrons. The van der Waals surface area contributed by atoms with Gasteiger partial charge in [0, 0.05) is 32.2 Å². The maximum absolute atomic E-state index is 12.9. The quantitative estimate of drug-likeness (QED) is 0.265. The molecule has 172 valence electrons. The van der Waals surface area contributed by atoms with E-state index in [4.69, 9.17) is 9.47 Å². The molecule has 0 heterocycles. The van der Waals surface area contributed by atoms with E-state index in [1.165, 1.54) is 5.56 Å². The molecule has 2 aromatic rings. The monoisotopic (exact) mass is 548 g/mol. The second kappa shape index (κ2) is 14.0. The lowest BCUT2D eigenvalue weighted by Gasteiger charge is -2.17. The normalized spacial score (nSPS) is 11.3. The molecule has 0 amide bonds. The number of para-hydroxylation sites is 1. The number of ether oxygens (including phenoxy) is 2. The first-order valence-electron chi connectivity index (χ1n) is 9.79. The lowest BCUT2D eigenvalue weighted by Crippen LogP contribution is -2.36. The van der Waals surface area contributed by atoms with Crippen molar-refractivity contribution in [3.63, 3.8) is 0 Å². The van der Waals surface area contributed by atoms with E-state index in [2.05, 4.69) is 44.8 Å². The SMILES string of the molecule is CCOc1cccc(CNC(=NC)NCc2ccc(CN(C)C)cc2)c1OC(F)F.I. The first kappa shape index (κ1) is 26.9. The summed E-state index contributed by atoms with van der Waals surface area (Å²) >= 11 is 0. The van der Waals surface area contributed by atoms with Gasteiger partial charge in [0.2, 0.25) is 0 Å². The third-order valence-electron chi connectivity index (χ3n) is 4.22. The third kappa shape index (κ3) is 9.26. The minimum absolute atomic E-state index is 0. The molecule has 9 heteroatoms. The van der Waals surface area contributed by atoms with Crippen LogP contribution in [0, 0.1) is 0 Å². The average Bonchev–Trinajstić information content (AvgIpc) is 2.70. The van der Waals surface area contributed by atoms with E-state index in [0.29, 0.717) is 24.7 Å². The van der Waals surface area contributed by atoms with E-state index in [0.717, 1.165) is 12.1 Å². The summed E-state index contributed by atoms with van der Waals surface area (Å²) in [5, 5.41) is 6.35. The Kier molecular flexibility index (Phi) is 12.2. The topological polar surface area (TPSA) is 58.1 Å². The Morgan fingerprint density at radius 2 is 1.68 bits per heavy atom. The summed E-state index contributed by atoms with van der Waals surface area (Å²) in [6, 6.07) is 13.4. The highest BCUT2D eigenvalue weighted by molar-refractivity contribution is 14.0. The largest absolute Gasteiger partial charge is 0.490 e. The van der Waals surface area contributed by atoms with Crippen LogP contribution in [0.2, 0.25) is 0 Å². The van der Waals surface area contributed by atoms with Gasteiger partial charge in [-0.2, -0.15) is 8.78 Å². The van der Waals surface area contributed by atoms with Crippen LogP contribution in [0.25, 0.3) is 0 Å². The van der Waals surface area contributed by atoms with Crippen molar-refractivity contribution in [1.82, 2.24) is 15.5 Å². The van der Waals surface area contributed by atoms with Crippen molar-refractivity contribution < 1.29 is 18.3 Å². The van der Waals surface area contributed by atoms with Crippen LogP contribution in [0.15, 0.2) is 47.5 Å². The minimum Gasteiger partial charge on any atom is -0.490 e. The van der Waals surface area contributed by atoms with Crippen molar-refractivity contribution in [3.05, 3.63) is 59.2 Å². The summed E-state index contributed by atoms with van der Waals surface area (Å²) in [5.41, 5.74) is 2.91. The van der Waals surface area contributed by atoms with Crippen molar-refractivity contribution in [2.24, 2.45) is 4.99 Å². The number of nitrogens with one attached hydrogen (secondary N) is 2. The van der Waals surface area contributed by atoms with Crippen LogP contribution >= 0.6 is 24.0 Å². The molecule has 0 spiro atoms. The van der Waals surface area contributed by atoms with Gasteiger partial charge >= 0.3 is 6.61 Å². The summed E-state index contributed by atoms with van der Waals surface area (Å²) in [7, 11) is 5.72. The summed E-state index contributed by atoms with van der Waals surface area (Å²) < 4.78 is 35.8. The Bertz CT molecular complexity index is 818. The predicted octanol–water partition coefficient (Wildman–Crippen LogP) is 4.23. The maximum Gasteiger partial charge on any atom is 0.387 e. The van der Waals surface area contributed by atoms with E-state index in [9.17, 15) is 8.78 Å². The summed E-state index contributed by atoms with van der Waals surface area (Å²) in [5.74, 6) is 0.879. The summed E-state index contributed by atoms with van der Waals surface area (Å²) in [6.07, 6.45) is 0. The Hall–Kier alpha value is -2.14. The number of halogens is 3. The number of aliphatic imine (C=N–C) groups is 1. The van der Waals surface area contributed by atoms with Gasteiger partial charge in [0.05, 0.1) is 6.61 Å². The second-order valence-corrected chi connectivity index (χ2v) is 6.89. The minimum atomic E-state index is -2.93. The summed E-state index contributed by atoms with van der Waals surface area (Å²) in [4.78, 5) is 6.31. The fourth-order valence-corrected chi connectivity index (χ4v) is 2.91. The zero-order valence-electron chi connectivity index (χ0n) is 18.3. The van der Waals surface area contributed by atoms with Crippen LogP contribution in [0.5, 0.6) is 11.5 Å². The van der Waals surface area contributed by atoms with E-state index in [1.54, 1.807) is 32.2 Å². The molecular formula is C22H31F2IN4O2. The fraction of sp³-hybridized carbons (Fsp3) is 0.409. The van der Waals surface area contributed by atoms with E-state index in [1.807, 2.05) is 14.1 Å². The number of hydrogen-bond acceptors (Lipinski definition) is 4. The van der Waals surface area contributed by atoms with Gasteiger partial charge in [-0.05, 0) is 38.2 Å². The molecular weight excluding hydrogens is 517 g/mol. The van der Waals surface area contributed by atoms with Crippen molar-refractivity contribution in [2.75, 3.05) is 27.7 Å². The Balaban J connectivity index is 0.00000480. The van der Waals surface area contributed by atoms with E-state index < -0.39 is 6.61 Å². The van der Waals surface area contributed by atoms with Crippen molar-refractivity contribution in [3.8, 4) is 11.5 Å². The molecule has 0 aliphatic rings. The van der Waals surface area contributed by atoms with E-state index in [-0.39, 0.29) is 42.0 Å². The molecule has 0 bridgehead atoms. The molecule has 0 atom stereocenters. The van der Waals surface area contributed by atoms with E-state index >= 15 is 0 Å². The van der Waals surface area contributed by atoms with Gasteiger partial charge in [-0.1, -0.05) is 36.4 Å². The number of benzene rings is 2. The van der Waals surface area contributed by atoms with Crippen LogP contribution in [0.1, 0.15) is 23.6 Å². The van der Waals surface area contributed by atoms with Gasteiger partial charge in [-0.15, -0.1) is 24.0 Å². The fourth-order valence-electron chi connectivity index (χ4n) is 2.91. The first-order valence-corrected chi connectivity index (χ1v) is 9.79. The molecule has 0 aliphatic carbocycles.